The van der Waals surface area contributed by atoms with Gasteiger partial charge in [0.05, 0.1) is 0 Å². The number of benzene rings is 2. The molecule has 0 radical (unpaired) electrons. The molecule has 0 aliphatic heterocycles. The first kappa shape index (κ1) is 24.9. The molecule has 1 N–H and O–H groups in total. The molecular formula is C26H38O3Sn. The molecule has 30 heavy (non-hydrogen) atoms. The van der Waals surface area contributed by atoms with Crippen LogP contribution in [0.3, 0.4) is 0 Å². The predicted octanol–water partition coefficient (Wildman–Crippen LogP) is 6.07. The van der Waals surface area contributed by atoms with Gasteiger partial charge in [-0.15, -0.1) is 0 Å². The maximum absolute atomic E-state index is 12.8. The first-order chi connectivity index (χ1) is 14.6. The van der Waals surface area contributed by atoms with Crippen LogP contribution in [0.4, 0.5) is 0 Å². The minimum atomic E-state index is -2.66. The Labute approximate surface area is 186 Å². The van der Waals surface area contributed by atoms with Crippen molar-refractivity contribution in [3.05, 3.63) is 65.7 Å². The van der Waals surface area contributed by atoms with Crippen LogP contribution in [0, 0.1) is 0 Å². The summed E-state index contributed by atoms with van der Waals surface area (Å²) >= 11 is -2.66. The molecule has 0 spiro atoms. The van der Waals surface area contributed by atoms with E-state index < -0.39 is 18.4 Å². The summed E-state index contributed by atoms with van der Waals surface area (Å²) in [4.78, 5) is 12.8. The van der Waals surface area contributed by atoms with Gasteiger partial charge in [-0.3, -0.25) is 0 Å². The van der Waals surface area contributed by atoms with Crippen molar-refractivity contribution < 1.29 is 14.6 Å². The SMILES string of the molecule is CCC[CH2][Sn]([CH2]CCC)([CH2]CCCO)[c]1cccc(C(=O)OCc2ccccc2)c1. The van der Waals surface area contributed by atoms with E-state index in [1.54, 1.807) is 0 Å². The molecule has 2 rings (SSSR count). The third-order valence-electron chi connectivity index (χ3n) is 6.00. The first-order valence-electron chi connectivity index (χ1n) is 11.6. The van der Waals surface area contributed by atoms with Gasteiger partial charge in [-0.1, -0.05) is 0 Å². The van der Waals surface area contributed by atoms with Crippen molar-refractivity contribution in [2.45, 2.75) is 72.3 Å². The van der Waals surface area contributed by atoms with E-state index in [1.807, 2.05) is 42.5 Å². The Balaban J connectivity index is 2.22. The van der Waals surface area contributed by atoms with Crippen LogP contribution in [-0.4, -0.2) is 36.1 Å². The zero-order valence-corrected chi connectivity index (χ0v) is 21.6. The summed E-state index contributed by atoms with van der Waals surface area (Å²) in [6.07, 6.45) is 6.94. The number of esters is 1. The molecule has 0 amide bonds. The van der Waals surface area contributed by atoms with Gasteiger partial charge in [0.25, 0.3) is 0 Å². The number of aliphatic hydroxyl groups excluding tert-OH is 1. The number of carbonyl (C=O) groups excluding carboxylic acids is 1. The van der Waals surface area contributed by atoms with Crippen LogP contribution in [0.1, 0.15) is 68.3 Å². The molecule has 0 heterocycles. The Hall–Kier alpha value is -1.33. The summed E-state index contributed by atoms with van der Waals surface area (Å²) in [5.41, 5.74) is 1.69. The van der Waals surface area contributed by atoms with Crippen molar-refractivity contribution in [2.75, 3.05) is 6.61 Å². The van der Waals surface area contributed by atoms with Gasteiger partial charge in [0.15, 0.2) is 0 Å². The van der Waals surface area contributed by atoms with Crippen LogP contribution < -0.4 is 3.58 Å². The second-order valence-electron chi connectivity index (χ2n) is 8.31. The van der Waals surface area contributed by atoms with Gasteiger partial charge in [0.2, 0.25) is 0 Å². The zero-order valence-electron chi connectivity index (χ0n) is 18.7. The van der Waals surface area contributed by atoms with Crippen molar-refractivity contribution in [2.24, 2.45) is 0 Å². The van der Waals surface area contributed by atoms with Crippen LogP contribution in [-0.2, 0) is 11.3 Å². The average molecular weight is 517 g/mol. The van der Waals surface area contributed by atoms with E-state index in [0.29, 0.717) is 12.2 Å². The molecule has 0 unspecified atom stereocenters. The van der Waals surface area contributed by atoms with Gasteiger partial charge in [0, 0.05) is 0 Å². The third kappa shape index (κ3) is 7.73. The van der Waals surface area contributed by atoms with Gasteiger partial charge in [0.1, 0.15) is 0 Å². The molecule has 4 heteroatoms. The Bertz CT molecular complexity index is 737. The van der Waals surface area contributed by atoms with Gasteiger partial charge in [-0.05, 0) is 0 Å². The van der Waals surface area contributed by atoms with E-state index in [4.69, 9.17) is 4.74 Å². The molecule has 2 aromatic rings. The van der Waals surface area contributed by atoms with E-state index >= 15 is 0 Å². The molecule has 0 aliphatic rings. The van der Waals surface area contributed by atoms with E-state index in [1.165, 1.54) is 42.6 Å². The Morgan fingerprint density at radius 2 is 1.53 bits per heavy atom. The van der Waals surface area contributed by atoms with Crippen LogP contribution in [0.2, 0.25) is 13.3 Å². The fraction of sp³-hybridized carbons (Fsp3) is 0.500. The molecule has 0 saturated carbocycles. The topological polar surface area (TPSA) is 46.5 Å². The summed E-state index contributed by atoms with van der Waals surface area (Å²) < 4.78 is 11.0. The van der Waals surface area contributed by atoms with E-state index in [-0.39, 0.29) is 12.6 Å². The first-order valence-corrected chi connectivity index (χ1v) is 19.1. The van der Waals surface area contributed by atoms with Gasteiger partial charge < -0.3 is 0 Å². The van der Waals surface area contributed by atoms with Crippen molar-refractivity contribution >= 4 is 27.9 Å². The molecule has 0 aliphatic carbocycles. The number of hydrogen-bond acceptors (Lipinski definition) is 3. The standard InChI is InChI=1S/C14H11O2.C4H9O.2C4H9.Sn/c15-14(13-9-5-2-6-10-13)16-11-12-7-3-1-4-8-12;1-2-3-4-5;2*1-3-4-2;/h1-5,7-10H,11H2;5H,1-4H2;2*1,3-4H2,2H3;. The van der Waals surface area contributed by atoms with Crippen molar-refractivity contribution in [3.8, 4) is 0 Å². The number of rotatable bonds is 14. The maximum atomic E-state index is 12.8. The molecule has 0 bridgehead atoms. The third-order valence-corrected chi connectivity index (χ3v) is 21.6. The van der Waals surface area contributed by atoms with E-state index in [2.05, 4.69) is 26.0 Å². The summed E-state index contributed by atoms with van der Waals surface area (Å²) in [7, 11) is 0. The molecule has 3 nitrogen and oxygen atoms in total. The summed E-state index contributed by atoms with van der Waals surface area (Å²) in [6, 6.07) is 18.2. The fourth-order valence-electron chi connectivity index (χ4n) is 4.20. The predicted molar refractivity (Wildman–Crippen MR) is 128 cm³/mol. The van der Waals surface area contributed by atoms with Crippen LogP contribution in [0.15, 0.2) is 54.6 Å². The van der Waals surface area contributed by atoms with Crippen LogP contribution >= 0.6 is 0 Å². The molecule has 0 atom stereocenters. The molecule has 0 saturated heterocycles. The quantitative estimate of drug-likeness (QED) is 0.188. The van der Waals surface area contributed by atoms with Crippen molar-refractivity contribution in [1.29, 1.82) is 0 Å². The number of aliphatic hydroxyl groups is 1. The van der Waals surface area contributed by atoms with E-state index in [9.17, 15) is 9.90 Å². The van der Waals surface area contributed by atoms with E-state index in [0.717, 1.165) is 18.4 Å². The second kappa shape index (κ2) is 13.9. The van der Waals surface area contributed by atoms with Crippen LogP contribution in [0.5, 0.6) is 0 Å². The molecule has 0 fully saturated rings. The molecular weight excluding hydrogens is 479 g/mol. The van der Waals surface area contributed by atoms with Crippen molar-refractivity contribution in [1.82, 2.24) is 0 Å². The molecule has 0 aromatic heterocycles. The fourth-order valence-corrected chi connectivity index (χ4v) is 19.9. The average Bonchev–Trinajstić information content (AvgIpc) is 2.80. The number of unbranched alkanes of at least 4 members (excludes halogenated alkanes) is 3. The number of carbonyl (C=O) groups is 1. The molecule has 164 valence electrons. The second-order valence-corrected chi connectivity index (χ2v) is 21.5. The Morgan fingerprint density at radius 1 is 0.867 bits per heavy atom. The van der Waals surface area contributed by atoms with Gasteiger partial charge >= 0.3 is 187 Å². The normalized spacial score (nSPS) is 11.4. The van der Waals surface area contributed by atoms with Crippen molar-refractivity contribution in [3.63, 3.8) is 0 Å². The number of ether oxygens (including phenoxy) is 1. The summed E-state index contributed by atoms with van der Waals surface area (Å²) in [6.45, 7) is 5.11. The monoisotopic (exact) mass is 518 g/mol. The van der Waals surface area contributed by atoms with Gasteiger partial charge in [-0.25, -0.2) is 0 Å². The Kier molecular flexibility index (Phi) is 11.5. The summed E-state index contributed by atoms with van der Waals surface area (Å²) in [5, 5.41) is 9.32. The zero-order chi connectivity index (χ0) is 21.7. The molecule has 2 aromatic carbocycles. The van der Waals surface area contributed by atoms with Gasteiger partial charge in [-0.2, -0.15) is 0 Å². The Morgan fingerprint density at radius 3 is 2.17 bits per heavy atom. The number of hydrogen-bond donors (Lipinski definition) is 1. The minimum absolute atomic E-state index is 0.234. The van der Waals surface area contributed by atoms with Crippen LogP contribution in [0.25, 0.3) is 0 Å². The summed E-state index contributed by atoms with van der Waals surface area (Å²) in [5.74, 6) is -0.234.